The Balaban J connectivity index is 0.00000182. The van der Waals surface area contributed by atoms with Crippen LogP contribution >= 0.6 is 0 Å². The number of carboxylic acids is 1. The molecule has 0 aliphatic carbocycles. The van der Waals surface area contributed by atoms with E-state index in [4.69, 9.17) is 5.11 Å². The SMILES string of the molecule is O=C(O)c1cccc(Cn2nc(-c3cncc(CO)c3)ccc2=O)c1.[H-].[Li+]. The van der Waals surface area contributed by atoms with Crippen molar-refractivity contribution in [3.05, 3.63) is 81.9 Å². The quantitative estimate of drug-likeness (QED) is 0.555. The summed E-state index contributed by atoms with van der Waals surface area (Å²) in [6.07, 6.45) is 3.15. The number of carboxylic acid groups (broad SMARTS) is 1. The van der Waals surface area contributed by atoms with Crippen molar-refractivity contribution in [3.63, 3.8) is 0 Å². The molecule has 0 fully saturated rings. The summed E-state index contributed by atoms with van der Waals surface area (Å²) < 4.78 is 1.27. The Hall–Kier alpha value is -2.72. The molecule has 3 aromatic rings. The van der Waals surface area contributed by atoms with Crippen molar-refractivity contribution >= 4 is 5.97 Å². The van der Waals surface area contributed by atoms with Crippen LogP contribution in [0.15, 0.2) is 59.7 Å². The molecule has 3 rings (SSSR count). The summed E-state index contributed by atoms with van der Waals surface area (Å²) in [4.78, 5) is 27.2. The number of aromatic nitrogens is 3. The zero-order valence-corrected chi connectivity index (χ0v) is 14.2. The van der Waals surface area contributed by atoms with Crippen molar-refractivity contribution in [2.75, 3.05) is 0 Å². The Morgan fingerprint density at radius 2 is 1.92 bits per heavy atom. The first kappa shape index (κ1) is 19.6. The van der Waals surface area contributed by atoms with Crippen molar-refractivity contribution in [1.82, 2.24) is 14.8 Å². The van der Waals surface area contributed by atoms with Crippen molar-refractivity contribution in [2.24, 2.45) is 0 Å². The van der Waals surface area contributed by atoms with Gasteiger partial charge in [0.25, 0.3) is 5.56 Å². The smallest absolute Gasteiger partial charge is 1.00 e. The third-order valence-electron chi connectivity index (χ3n) is 3.65. The van der Waals surface area contributed by atoms with Gasteiger partial charge in [-0.3, -0.25) is 9.78 Å². The monoisotopic (exact) mass is 345 g/mol. The second kappa shape index (κ2) is 8.58. The van der Waals surface area contributed by atoms with E-state index in [1.54, 1.807) is 36.7 Å². The van der Waals surface area contributed by atoms with Crippen molar-refractivity contribution < 1.29 is 35.3 Å². The van der Waals surface area contributed by atoms with Gasteiger partial charge in [-0.15, -0.1) is 0 Å². The van der Waals surface area contributed by atoms with E-state index in [-0.39, 0.29) is 44.6 Å². The maximum absolute atomic E-state index is 12.1. The molecule has 8 heteroatoms. The number of benzene rings is 1. The number of aliphatic hydroxyl groups is 1. The molecule has 0 unspecified atom stereocenters. The molecule has 7 nitrogen and oxygen atoms in total. The number of aliphatic hydroxyl groups excluding tert-OH is 1. The molecule has 2 aromatic heterocycles. The standard InChI is InChI=1S/C18H15N3O4.Li.H/c22-11-13-7-15(9-19-8-13)16-4-5-17(23)21(20-16)10-12-2-1-3-14(6-12)18(24)25;;/h1-9,22H,10-11H2,(H,24,25);;/q;+1;-1. The second-order valence-corrected chi connectivity index (χ2v) is 5.46. The molecular weight excluding hydrogens is 329 g/mol. The normalized spacial score (nSPS) is 10.2. The maximum Gasteiger partial charge on any atom is 1.00 e. The molecule has 0 spiro atoms. The number of hydrogen-bond donors (Lipinski definition) is 2. The van der Waals surface area contributed by atoms with Gasteiger partial charge in [-0.2, -0.15) is 5.10 Å². The fourth-order valence-corrected chi connectivity index (χ4v) is 2.41. The van der Waals surface area contributed by atoms with Crippen LogP contribution in [0.25, 0.3) is 11.3 Å². The van der Waals surface area contributed by atoms with Gasteiger partial charge in [0.1, 0.15) is 0 Å². The molecular formula is C18H16LiN3O4. The number of pyridine rings is 1. The minimum Gasteiger partial charge on any atom is -1.00 e. The number of rotatable bonds is 5. The fourth-order valence-electron chi connectivity index (χ4n) is 2.41. The summed E-state index contributed by atoms with van der Waals surface area (Å²) in [5.41, 5.74) is 2.38. The van der Waals surface area contributed by atoms with E-state index in [1.807, 2.05) is 0 Å². The predicted octanol–water partition coefficient (Wildman–Crippen LogP) is -1.34. The first-order valence-corrected chi connectivity index (χ1v) is 7.52. The summed E-state index contributed by atoms with van der Waals surface area (Å²) in [6, 6.07) is 11.1. The summed E-state index contributed by atoms with van der Waals surface area (Å²) in [6.45, 7) is 0.0172. The molecule has 0 aliphatic rings. The van der Waals surface area contributed by atoms with Crippen LogP contribution in [-0.2, 0) is 13.2 Å². The predicted molar refractivity (Wildman–Crippen MR) is 91.3 cm³/mol. The van der Waals surface area contributed by atoms with Crippen molar-refractivity contribution in [3.8, 4) is 11.3 Å². The van der Waals surface area contributed by atoms with Gasteiger partial charge in [-0.25, -0.2) is 9.48 Å². The van der Waals surface area contributed by atoms with Crippen LogP contribution in [0.2, 0.25) is 0 Å². The molecule has 0 saturated carbocycles. The van der Waals surface area contributed by atoms with Crippen LogP contribution in [-0.4, -0.2) is 30.9 Å². The average molecular weight is 345 g/mol. The van der Waals surface area contributed by atoms with E-state index in [2.05, 4.69) is 10.1 Å². The van der Waals surface area contributed by atoms with Crippen LogP contribution in [0, 0.1) is 0 Å². The Kier molecular flexibility index (Phi) is 6.47. The van der Waals surface area contributed by atoms with Crippen LogP contribution < -0.4 is 24.4 Å². The summed E-state index contributed by atoms with van der Waals surface area (Å²) in [5.74, 6) is -1.03. The van der Waals surface area contributed by atoms with Crippen LogP contribution in [0.4, 0.5) is 0 Å². The summed E-state index contributed by atoms with van der Waals surface area (Å²) >= 11 is 0. The molecule has 1 aromatic carbocycles. The molecule has 0 bridgehead atoms. The van der Waals surface area contributed by atoms with E-state index < -0.39 is 5.97 Å². The van der Waals surface area contributed by atoms with Gasteiger partial charge in [0.05, 0.1) is 24.4 Å². The zero-order chi connectivity index (χ0) is 17.8. The van der Waals surface area contributed by atoms with Crippen LogP contribution in [0.5, 0.6) is 0 Å². The van der Waals surface area contributed by atoms with Crippen LogP contribution in [0.3, 0.4) is 0 Å². The third kappa shape index (κ3) is 4.46. The minimum atomic E-state index is -1.03. The van der Waals surface area contributed by atoms with E-state index >= 15 is 0 Å². The first-order chi connectivity index (χ1) is 12.1. The molecule has 0 atom stereocenters. The molecule has 0 saturated heterocycles. The van der Waals surface area contributed by atoms with Gasteiger partial charge < -0.3 is 11.6 Å². The molecule has 0 aliphatic heterocycles. The Labute approximate surface area is 162 Å². The molecule has 128 valence electrons. The van der Waals surface area contributed by atoms with Gasteiger partial charge in [-0.1, -0.05) is 12.1 Å². The minimum absolute atomic E-state index is 0. The van der Waals surface area contributed by atoms with Gasteiger partial charge in [0.15, 0.2) is 0 Å². The maximum atomic E-state index is 12.1. The third-order valence-corrected chi connectivity index (χ3v) is 3.65. The Bertz CT molecular complexity index is 994. The van der Waals surface area contributed by atoms with Crippen molar-refractivity contribution in [2.45, 2.75) is 13.2 Å². The van der Waals surface area contributed by atoms with Crippen molar-refractivity contribution in [1.29, 1.82) is 0 Å². The van der Waals surface area contributed by atoms with Crippen LogP contribution in [0.1, 0.15) is 22.9 Å². The van der Waals surface area contributed by atoms with Gasteiger partial charge in [-0.05, 0) is 35.4 Å². The Morgan fingerprint density at radius 1 is 1.12 bits per heavy atom. The molecule has 0 radical (unpaired) electrons. The average Bonchev–Trinajstić information content (AvgIpc) is 2.64. The number of nitrogens with zero attached hydrogens (tertiary/aromatic N) is 3. The summed E-state index contributed by atoms with van der Waals surface area (Å²) in [7, 11) is 0. The first-order valence-electron chi connectivity index (χ1n) is 7.52. The topological polar surface area (TPSA) is 105 Å². The summed E-state index contributed by atoms with van der Waals surface area (Å²) in [5, 5.41) is 22.6. The zero-order valence-electron chi connectivity index (χ0n) is 15.2. The van der Waals surface area contributed by atoms with Gasteiger partial charge in [0, 0.05) is 24.0 Å². The van der Waals surface area contributed by atoms with E-state index in [9.17, 15) is 14.7 Å². The fraction of sp³-hybridized carbons (Fsp3) is 0.111. The molecule has 26 heavy (non-hydrogen) atoms. The Morgan fingerprint density at radius 3 is 2.65 bits per heavy atom. The van der Waals surface area contributed by atoms with E-state index in [0.29, 0.717) is 22.4 Å². The number of aromatic carboxylic acids is 1. The second-order valence-electron chi connectivity index (χ2n) is 5.46. The van der Waals surface area contributed by atoms with E-state index in [1.165, 1.54) is 22.9 Å². The molecule has 2 heterocycles. The number of carbonyl (C=O) groups is 1. The molecule has 0 amide bonds. The van der Waals surface area contributed by atoms with Gasteiger partial charge in [0.2, 0.25) is 0 Å². The van der Waals surface area contributed by atoms with Gasteiger partial charge >= 0.3 is 24.8 Å². The number of hydrogen-bond acceptors (Lipinski definition) is 5. The molecule has 2 N–H and O–H groups in total. The largest absolute Gasteiger partial charge is 1.00 e. The van der Waals surface area contributed by atoms with E-state index in [0.717, 1.165) is 0 Å².